The van der Waals surface area contributed by atoms with Crippen molar-refractivity contribution in [3.05, 3.63) is 65.0 Å². The third kappa shape index (κ3) is 3.05. The Kier molecular flexibility index (Phi) is 4.04. The molecule has 4 rings (SSSR count). The highest BCUT2D eigenvalue weighted by atomic mass is 35.5. The van der Waals surface area contributed by atoms with Gasteiger partial charge in [-0.1, -0.05) is 11.6 Å². The average Bonchev–Trinajstić information content (AvgIpc) is 3.00. The molecule has 0 bridgehead atoms. The van der Waals surface area contributed by atoms with Crippen LogP contribution in [0.3, 0.4) is 0 Å². The van der Waals surface area contributed by atoms with Crippen LogP contribution in [0, 0.1) is 0 Å². The van der Waals surface area contributed by atoms with E-state index in [2.05, 4.69) is 19.4 Å². The minimum atomic E-state index is 0.724. The van der Waals surface area contributed by atoms with E-state index in [4.69, 9.17) is 16.6 Å². The van der Waals surface area contributed by atoms with Crippen LogP contribution in [-0.2, 0) is 26.6 Å². The van der Waals surface area contributed by atoms with Gasteiger partial charge in [0.2, 0.25) is 0 Å². The highest BCUT2D eigenvalue weighted by Gasteiger charge is 2.20. The molecule has 0 atom stereocenters. The smallest absolute Gasteiger partial charge is 0.159 e. The molecule has 0 amide bonds. The van der Waals surface area contributed by atoms with E-state index in [0.717, 1.165) is 54.0 Å². The van der Waals surface area contributed by atoms with E-state index in [-0.39, 0.29) is 0 Å². The number of rotatable bonds is 3. The molecule has 1 aliphatic rings. The van der Waals surface area contributed by atoms with Crippen molar-refractivity contribution in [1.29, 1.82) is 0 Å². The van der Waals surface area contributed by atoms with Crippen LogP contribution in [0.25, 0.3) is 11.4 Å². The van der Waals surface area contributed by atoms with Crippen molar-refractivity contribution in [3.8, 4) is 11.4 Å². The second-order valence-electron chi connectivity index (χ2n) is 6.09. The standard InChI is InChI=1S/C18H18ClN5/c1-23-9-7-20-17(23)12-24-8-6-16-14(11-24)10-21-18(22-16)13-2-4-15(19)5-3-13/h2-5,7,9-10H,6,8,11-12H2,1H3. The summed E-state index contributed by atoms with van der Waals surface area (Å²) in [5.41, 5.74) is 3.34. The quantitative estimate of drug-likeness (QED) is 0.735. The molecule has 0 N–H and O–H groups in total. The molecule has 0 aliphatic carbocycles. The minimum Gasteiger partial charge on any atom is -0.337 e. The van der Waals surface area contributed by atoms with Gasteiger partial charge in [0.15, 0.2) is 5.82 Å². The predicted molar refractivity (Wildman–Crippen MR) is 93.5 cm³/mol. The molecule has 0 radical (unpaired) electrons. The van der Waals surface area contributed by atoms with Crippen LogP contribution in [0.2, 0.25) is 5.02 Å². The lowest BCUT2D eigenvalue weighted by atomic mass is 10.1. The summed E-state index contributed by atoms with van der Waals surface area (Å²) in [6.07, 6.45) is 6.71. The molecule has 3 aromatic rings. The van der Waals surface area contributed by atoms with Crippen molar-refractivity contribution >= 4 is 11.6 Å². The molecule has 6 heteroatoms. The summed E-state index contributed by atoms with van der Waals surface area (Å²) in [7, 11) is 2.03. The van der Waals surface area contributed by atoms with Crippen molar-refractivity contribution < 1.29 is 0 Å². The SMILES string of the molecule is Cn1ccnc1CN1CCc2nc(-c3ccc(Cl)cc3)ncc2C1. The van der Waals surface area contributed by atoms with Gasteiger partial charge in [0.1, 0.15) is 5.82 Å². The Morgan fingerprint density at radius 3 is 2.75 bits per heavy atom. The fraction of sp³-hybridized carbons (Fsp3) is 0.278. The van der Waals surface area contributed by atoms with E-state index in [1.807, 2.05) is 49.9 Å². The minimum absolute atomic E-state index is 0.724. The van der Waals surface area contributed by atoms with Gasteiger partial charge >= 0.3 is 0 Å². The molecular weight excluding hydrogens is 322 g/mol. The van der Waals surface area contributed by atoms with Gasteiger partial charge in [-0.15, -0.1) is 0 Å². The van der Waals surface area contributed by atoms with Crippen molar-refractivity contribution in [2.24, 2.45) is 7.05 Å². The Balaban J connectivity index is 1.53. The summed E-state index contributed by atoms with van der Waals surface area (Å²) >= 11 is 5.95. The first kappa shape index (κ1) is 15.3. The first-order valence-electron chi connectivity index (χ1n) is 7.98. The number of halogens is 1. The number of aryl methyl sites for hydroxylation is 1. The fourth-order valence-electron chi connectivity index (χ4n) is 3.00. The number of aromatic nitrogens is 4. The fourth-order valence-corrected chi connectivity index (χ4v) is 3.12. The van der Waals surface area contributed by atoms with Crippen LogP contribution >= 0.6 is 11.6 Å². The lowest BCUT2D eigenvalue weighted by molar-refractivity contribution is 0.234. The topological polar surface area (TPSA) is 46.8 Å². The van der Waals surface area contributed by atoms with Crippen molar-refractivity contribution in [1.82, 2.24) is 24.4 Å². The molecule has 2 aromatic heterocycles. The number of hydrogen-bond donors (Lipinski definition) is 0. The third-order valence-corrected chi connectivity index (χ3v) is 4.65. The van der Waals surface area contributed by atoms with Gasteiger partial charge in [-0.05, 0) is 24.3 Å². The molecule has 0 saturated carbocycles. The third-order valence-electron chi connectivity index (χ3n) is 4.40. The summed E-state index contributed by atoms with van der Waals surface area (Å²) in [6.45, 7) is 2.70. The number of hydrogen-bond acceptors (Lipinski definition) is 4. The first-order chi connectivity index (χ1) is 11.7. The predicted octanol–water partition coefficient (Wildman–Crippen LogP) is 3.09. The van der Waals surface area contributed by atoms with Crippen molar-refractivity contribution in [3.63, 3.8) is 0 Å². The maximum absolute atomic E-state index is 5.95. The van der Waals surface area contributed by atoms with Crippen molar-refractivity contribution in [2.75, 3.05) is 6.54 Å². The molecule has 24 heavy (non-hydrogen) atoms. The second kappa shape index (κ2) is 6.34. The zero-order chi connectivity index (χ0) is 16.5. The van der Waals surface area contributed by atoms with Crippen LogP contribution in [0.15, 0.2) is 42.9 Å². The van der Waals surface area contributed by atoms with Gasteiger partial charge in [0.25, 0.3) is 0 Å². The summed E-state index contributed by atoms with van der Waals surface area (Å²) in [4.78, 5) is 16.1. The number of imidazole rings is 1. The Morgan fingerprint density at radius 1 is 1.17 bits per heavy atom. The van der Waals surface area contributed by atoms with E-state index in [1.165, 1.54) is 5.56 Å². The summed E-state index contributed by atoms with van der Waals surface area (Å²) in [5, 5.41) is 0.724. The van der Waals surface area contributed by atoms with E-state index >= 15 is 0 Å². The summed E-state index contributed by atoms with van der Waals surface area (Å²) in [6, 6.07) is 7.66. The van der Waals surface area contributed by atoms with E-state index < -0.39 is 0 Å². The Hall–Kier alpha value is -2.24. The maximum Gasteiger partial charge on any atom is 0.159 e. The second-order valence-corrected chi connectivity index (χ2v) is 6.52. The molecule has 5 nitrogen and oxygen atoms in total. The summed E-state index contributed by atoms with van der Waals surface area (Å²) < 4.78 is 2.07. The normalized spacial score (nSPS) is 14.6. The monoisotopic (exact) mass is 339 g/mol. The zero-order valence-electron chi connectivity index (χ0n) is 13.5. The molecular formula is C18H18ClN5. The molecule has 122 valence electrons. The van der Waals surface area contributed by atoms with Crippen LogP contribution < -0.4 is 0 Å². The molecule has 0 spiro atoms. The van der Waals surface area contributed by atoms with E-state index in [1.54, 1.807) is 0 Å². The summed E-state index contributed by atoms with van der Waals surface area (Å²) in [5.74, 6) is 1.85. The highest BCUT2D eigenvalue weighted by molar-refractivity contribution is 6.30. The lowest BCUT2D eigenvalue weighted by Gasteiger charge is -2.27. The molecule has 3 heterocycles. The molecule has 0 saturated heterocycles. The highest BCUT2D eigenvalue weighted by Crippen LogP contribution is 2.23. The molecule has 1 aliphatic heterocycles. The van der Waals surface area contributed by atoms with Gasteiger partial charge in [0, 0.05) is 61.3 Å². The Morgan fingerprint density at radius 2 is 2.00 bits per heavy atom. The molecule has 0 unspecified atom stereocenters. The Labute approximate surface area is 146 Å². The van der Waals surface area contributed by atoms with Gasteiger partial charge in [-0.2, -0.15) is 0 Å². The van der Waals surface area contributed by atoms with Gasteiger partial charge in [0.05, 0.1) is 12.2 Å². The molecule has 0 fully saturated rings. The number of fused-ring (bicyclic) bond motifs is 1. The van der Waals surface area contributed by atoms with Crippen LogP contribution in [-0.4, -0.2) is 31.0 Å². The van der Waals surface area contributed by atoms with Crippen LogP contribution in [0.5, 0.6) is 0 Å². The van der Waals surface area contributed by atoms with Gasteiger partial charge in [-0.3, -0.25) is 4.90 Å². The van der Waals surface area contributed by atoms with E-state index in [9.17, 15) is 0 Å². The van der Waals surface area contributed by atoms with Crippen LogP contribution in [0.1, 0.15) is 17.1 Å². The van der Waals surface area contributed by atoms with E-state index in [0.29, 0.717) is 0 Å². The van der Waals surface area contributed by atoms with Crippen molar-refractivity contribution in [2.45, 2.75) is 19.5 Å². The zero-order valence-corrected chi connectivity index (χ0v) is 14.2. The Bertz CT molecular complexity index is 856. The first-order valence-corrected chi connectivity index (χ1v) is 8.36. The lowest BCUT2D eigenvalue weighted by Crippen LogP contribution is -2.31. The number of benzene rings is 1. The number of nitrogens with zero attached hydrogens (tertiary/aromatic N) is 5. The van der Waals surface area contributed by atoms with Gasteiger partial charge in [-0.25, -0.2) is 15.0 Å². The maximum atomic E-state index is 5.95. The largest absolute Gasteiger partial charge is 0.337 e. The van der Waals surface area contributed by atoms with Gasteiger partial charge < -0.3 is 4.57 Å². The average molecular weight is 340 g/mol. The molecule has 1 aromatic carbocycles. The van der Waals surface area contributed by atoms with Crippen LogP contribution in [0.4, 0.5) is 0 Å².